The van der Waals surface area contributed by atoms with Crippen molar-refractivity contribution in [3.63, 3.8) is 0 Å². The van der Waals surface area contributed by atoms with Crippen LogP contribution < -0.4 is 5.32 Å². The highest BCUT2D eigenvalue weighted by Crippen LogP contribution is 2.28. The highest BCUT2D eigenvalue weighted by Gasteiger charge is 2.42. The highest BCUT2D eigenvalue weighted by molar-refractivity contribution is 7.15. The fraction of sp³-hybridized carbons (Fsp3) is 0.421. The first-order valence-corrected chi connectivity index (χ1v) is 9.84. The number of hydrogen-bond acceptors (Lipinski definition) is 6. The third kappa shape index (κ3) is 3.90. The van der Waals surface area contributed by atoms with Crippen LogP contribution >= 0.6 is 11.3 Å². The Hall–Kier alpha value is -2.61. The van der Waals surface area contributed by atoms with Crippen molar-refractivity contribution in [2.75, 3.05) is 5.32 Å². The van der Waals surface area contributed by atoms with Gasteiger partial charge >= 0.3 is 0 Å². The molecule has 0 radical (unpaired) electrons. The maximum atomic E-state index is 12.9. The van der Waals surface area contributed by atoms with Gasteiger partial charge in [-0.3, -0.25) is 24.6 Å². The third-order valence-corrected chi connectivity index (χ3v) is 5.19. The minimum atomic E-state index is -0.893. The van der Waals surface area contributed by atoms with Crippen molar-refractivity contribution in [2.45, 2.75) is 46.1 Å². The smallest absolute Gasteiger partial charge is 0.262 e. The molecule has 142 valence electrons. The van der Waals surface area contributed by atoms with Gasteiger partial charge in [0.05, 0.1) is 11.1 Å². The molecular weight excluding hydrogens is 364 g/mol. The van der Waals surface area contributed by atoms with Crippen molar-refractivity contribution in [1.82, 2.24) is 15.1 Å². The number of carbonyl (C=O) groups is 3. The largest absolute Gasteiger partial charge is 0.299 e. The molecule has 0 bridgehead atoms. The van der Waals surface area contributed by atoms with Crippen LogP contribution in [-0.2, 0) is 11.2 Å². The fourth-order valence-corrected chi connectivity index (χ4v) is 3.92. The maximum absolute atomic E-state index is 12.9. The molecule has 0 saturated carbocycles. The Morgan fingerprint density at radius 3 is 2.33 bits per heavy atom. The minimum Gasteiger partial charge on any atom is -0.299 e. The van der Waals surface area contributed by atoms with Gasteiger partial charge in [-0.2, -0.15) is 0 Å². The number of hydrogen-bond donors (Lipinski definition) is 1. The van der Waals surface area contributed by atoms with Crippen LogP contribution in [0, 0.1) is 5.92 Å². The molecule has 3 amide bonds. The number of aryl methyl sites for hydroxylation is 1. The van der Waals surface area contributed by atoms with E-state index in [1.54, 1.807) is 24.3 Å². The van der Waals surface area contributed by atoms with Crippen LogP contribution in [0.2, 0.25) is 0 Å². The normalized spacial score (nSPS) is 14.6. The van der Waals surface area contributed by atoms with E-state index >= 15 is 0 Å². The number of nitrogens with zero attached hydrogens (tertiary/aromatic N) is 3. The van der Waals surface area contributed by atoms with Crippen molar-refractivity contribution in [2.24, 2.45) is 5.92 Å². The summed E-state index contributed by atoms with van der Waals surface area (Å²) >= 11 is 1.31. The summed E-state index contributed by atoms with van der Waals surface area (Å²) in [7, 11) is 0. The van der Waals surface area contributed by atoms with E-state index in [4.69, 9.17) is 0 Å². The quantitative estimate of drug-likeness (QED) is 0.738. The van der Waals surface area contributed by atoms with Gasteiger partial charge in [0.25, 0.3) is 11.8 Å². The number of amides is 3. The molecule has 1 N–H and O–H groups in total. The monoisotopic (exact) mass is 386 g/mol. The molecule has 2 aromatic rings. The average molecular weight is 386 g/mol. The summed E-state index contributed by atoms with van der Waals surface area (Å²) in [6.07, 6.45) is 2.10. The van der Waals surface area contributed by atoms with Crippen LogP contribution in [0.1, 0.15) is 59.3 Å². The highest BCUT2D eigenvalue weighted by atomic mass is 32.1. The van der Waals surface area contributed by atoms with Crippen LogP contribution in [0.4, 0.5) is 5.13 Å². The molecule has 2 heterocycles. The van der Waals surface area contributed by atoms with Crippen molar-refractivity contribution >= 4 is 34.2 Å². The second-order valence-electron chi connectivity index (χ2n) is 6.91. The lowest BCUT2D eigenvalue weighted by Crippen LogP contribution is -2.47. The molecule has 0 unspecified atom stereocenters. The van der Waals surface area contributed by atoms with Crippen molar-refractivity contribution in [3.05, 3.63) is 40.4 Å². The van der Waals surface area contributed by atoms with Crippen LogP contribution in [0.25, 0.3) is 0 Å². The number of imide groups is 1. The summed E-state index contributed by atoms with van der Waals surface area (Å²) in [5.74, 6) is -1.16. The molecule has 1 aliphatic heterocycles. The van der Waals surface area contributed by atoms with Gasteiger partial charge in [-0.1, -0.05) is 44.2 Å². The first kappa shape index (κ1) is 19.2. The Balaban J connectivity index is 1.84. The first-order chi connectivity index (χ1) is 12.9. The molecule has 8 heteroatoms. The molecule has 1 aromatic heterocycles. The second kappa shape index (κ2) is 7.96. The predicted molar refractivity (Wildman–Crippen MR) is 103 cm³/mol. The summed E-state index contributed by atoms with van der Waals surface area (Å²) in [6, 6.07) is 5.75. The first-order valence-electron chi connectivity index (χ1n) is 9.02. The van der Waals surface area contributed by atoms with Gasteiger partial charge in [-0.15, -0.1) is 10.2 Å². The van der Waals surface area contributed by atoms with Crippen molar-refractivity contribution in [3.8, 4) is 0 Å². The molecule has 7 nitrogen and oxygen atoms in total. The van der Waals surface area contributed by atoms with E-state index in [-0.39, 0.29) is 5.92 Å². The fourth-order valence-electron chi connectivity index (χ4n) is 3.07. The van der Waals surface area contributed by atoms with Crippen molar-refractivity contribution in [1.29, 1.82) is 0 Å². The molecule has 3 rings (SSSR count). The number of aromatic nitrogens is 2. The van der Waals surface area contributed by atoms with Gasteiger partial charge in [0.2, 0.25) is 11.0 Å². The summed E-state index contributed by atoms with van der Waals surface area (Å²) in [6.45, 7) is 5.94. The summed E-state index contributed by atoms with van der Waals surface area (Å²) < 4.78 is 0. The summed E-state index contributed by atoms with van der Waals surface area (Å²) in [5.41, 5.74) is 0.676. The van der Waals surface area contributed by atoms with E-state index in [1.165, 1.54) is 11.3 Å². The molecule has 1 atom stereocenters. The Kier molecular flexibility index (Phi) is 5.65. The molecule has 1 aliphatic rings. The predicted octanol–water partition coefficient (Wildman–Crippen LogP) is 3.14. The number of anilines is 1. The van der Waals surface area contributed by atoms with Crippen LogP contribution in [0.3, 0.4) is 0 Å². The zero-order valence-electron chi connectivity index (χ0n) is 15.6. The van der Waals surface area contributed by atoms with Gasteiger partial charge < -0.3 is 0 Å². The molecule has 27 heavy (non-hydrogen) atoms. The van der Waals surface area contributed by atoms with Gasteiger partial charge in [0.1, 0.15) is 11.0 Å². The lowest BCUT2D eigenvalue weighted by molar-refractivity contribution is -0.120. The van der Waals surface area contributed by atoms with Gasteiger partial charge in [-0.25, -0.2) is 0 Å². The lowest BCUT2D eigenvalue weighted by Gasteiger charge is -2.26. The number of nitrogens with one attached hydrogen (secondary N) is 1. The van der Waals surface area contributed by atoms with E-state index in [0.717, 1.165) is 22.7 Å². The Morgan fingerprint density at radius 1 is 1.15 bits per heavy atom. The Bertz CT molecular complexity index is 842. The zero-order chi connectivity index (χ0) is 19.6. The van der Waals surface area contributed by atoms with E-state index in [1.807, 2.05) is 20.8 Å². The van der Waals surface area contributed by atoms with Crippen LogP contribution in [0.5, 0.6) is 0 Å². The second-order valence-corrected chi connectivity index (χ2v) is 7.97. The van der Waals surface area contributed by atoms with E-state index in [0.29, 0.717) is 22.7 Å². The maximum Gasteiger partial charge on any atom is 0.262 e. The number of rotatable bonds is 7. The lowest BCUT2D eigenvalue weighted by atomic mass is 10.0. The molecule has 0 aliphatic carbocycles. The Labute approximate surface area is 161 Å². The minimum absolute atomic E-state index is 0.120. The van der Waals surface area contributed by atoms with Crippen LogP contribution in [0.15, 0.2) is 24.3 Å². The molecule has 1 aromatic carbocycles. The average Bonchev–Trinajstić information content (AvgIpc) is 3.17. The molecule has 0 saturated heterocycles. The summed E-state index contributed by atoms with van der Waals surface area (Å²) in [5, 5.41) is 12.0. The standard InChI is InChI=1S/C19H22N4O3S/c1-4-7-15-21-22-19(27-15)20-16(24)14(10-11(2)3)23-17(25)12-8-5-6-9-13(12)18(23)26/h5-6,8-9,11,14H,4,7,10H2,1-3H3,(H,20,22,24)/t14-/m1/s1. The van der Waals surface area contributed by atoms with Gasteiger partial charge in [0.15, 0.2) is 0 Å². The third-order valence-electron chi connectivity index (χ3n) is 4.30. The van der Waals surface area contributed by atoms with Gasteiger partial charge in [0, 0.05) is 6.42 Å². The Morgan fingerprint density at radius 2 is 1.78 bits per heavy atom. The zero-order valence-corrected chi connectivity index (χ0v) is 16.4. The number of carbonyl (C=O) groups excluding carboxylic acids is 3. The number of benzene rings is 1. The van der Waals surface area contributed by atoms with Crippen molar-refractivity contribution < 1.29 is 14.4 Å². The topological polar surface area (TPSA) is 92.3 Å². The van der Waals surface area contributed by atoms with Gasteiger partial charge in [-0.05, 0) is 30.9 Å². The molecule has 0 spiro atoms. The van der Waals surface area contributed by atoms with E-state index in [9.17, 15) is 14.4 Å². The number of fused-ring (bicyclic) bond motifs is 1. The van der Waals surface area contributed by atoms with E-state index < -0.39 is 23.8 Å². The summed E-state index contributed by atoms with van der Waals surface area (Å²) in [4.78, 5) is 39.6. The molecular formula is C19H22N4O3S. The van der Waals surface area contributed by atoms with E-state index in [2.05, 4.69) is 15.5 Å². The van der Waals surface area contributed by atoms with Crippen LogP contribution in [-0.4, -0.2) is 38.9 Å². The molecule has 0 fully saturated rings. The SMILES string of the molecule is CCCc1nnc(NC(=O)[C@@H](CC(C)C)N2C(=O)c3ccccc3C2=O)s1.